The van der Waals surface area contributed by atoms with E-state index in [1.165, 1.54) is 12.5 Å². The highest BCUT2D eigenvalue weighted by Gasteiger charge is 2.23. The summed E-state index contributed by atoms with van der Waals surface area (Å²) in [5.74, 6) is -0.250. The van der Waals surface area contributed by atoms with Gasteiger partial charge in [-0.05, 0) is 18.6 Å². The Labute approximate surface area is 159 Å². The zero-order valence-electron chi connectivity index (χ0n) is 17.2. The van der Waals surface area contributed by atoms with Gasteiger partial charge in [0.25, 0.3) is 5.69 Å². The second kappa shape index (κ2) is 8.31. The van der Waals surface area contributed by atoms with Gasteiger partial charge in [-0.25, -0.2) is 4.79 Å². The lowest BCUT2D eigenvalue weighted by Crippen LogP contribution is -2.44. The molecule has 0 spiro atoms. The van der Waals surface area contributed by atoms with E-state index in [2.05, 4.69) is 33.7 Å². The van der Waals surface area contributed by atoms with Gasteiger partial charge in [0.1, 0.15) is 20.2 Å². The molecule has 1 aromatic heterocycles. The number of aromatic nitrogens is 1. The molecule has 0 bridgehead atoms. The molecule has 5 heteroatoms. The molecule has 0 saturated carbocycles. The Balaban J connectivity index is 1.89. The fraction of sp³-hybridized carbons (Fsp3) is 0.524. The lowest BCUT2D eigenvalue weighted by atomic mass is 10.2. The standard InChI is InChI=1S/C21H34N2O2Si/c1-22-19-11-8-7-10-18(19)12-13-20(22)21(24)25-16-15-23(2,3)14-9-17-26(4,5)6/h7-8,10-13H,9,14-17H2,1-6H3/q+2. The highest BCUT2D eigenvalue weighted by molar-refractivity contribution is 6.76. The van der Waals surface area contributed by atoms with Crippen molar-refractivity contribution < 1.29 is 18.6 Å². The topological polar surface area (TPSA) is 30.2 Å². The number of likely N-dealkylation sites (N-methyl/N-ethyl adjacent to an activating group) is 1. The molecule has 1 heterocycles. The van der Waals surface area contributed by atoms with Crippen LogP contribution in [0.25, 0.3) is 10.9 Å². The van der Waals surface area contributed by atoms with Crippen LogP contribution in [-0.2, 0) is 11.8 Å². The first-order valence-corrected chi connectivity index (χ1v) is 13.2. The fourth-order valence-electron chi connectivity index (χ4n) is 3.16. The van der Waals surface area contributed by atoms with Crippen LogP contribution in [0.5, 0.6) is 0 Å². The van der Waals surface area contributed by atoms with Crippen molar-refractivity contribution in [2.45, 2.75) is 32.1 Å². The third-order valence-electron chi connectivity index (χ3n) is 4.91. The van der Waals surface area contributed by atoms with Crippen LogP contribution in [0.2, 0.25) is 25.7 Å². The van der Waals surface area contributed by atoms with Crippen LogP contribution >= 0.6 is 0 Å². The van der Waals surface area contributed by atoms with Crippen LogP contribution in [0, 0.1) is 0 Å². The molecule has 0 aliphatic heterocycles. The van der Waals surface area contributed by atoms with Crippen LogP contribution in [0.4, 0.5) is 0 Å². The maximum atomic E-state index is 12.5. The molecule has 0 atom stereocenters. The van der Waals surface area contributed by atoms with Gasteiger partial charge in [-0.1, -0.05) is 37.8 Å². The Bertz CT molecular complexity index is 766. The van der Waals surface area contributed by atoms with Gasteiger partial charge in [0.2, 0.25) is 5.52 Å². The van der Waals surface area contributed by atoms with Crippen LogP contribution in [0.3, 0.4) is 0 Å². The van der Waals surface area contributed by atoms with E-state index in [4.69, 9.17) is 4.74 Å². The quantitative estimate of drug-likeness (QED) is 0.306. The molecule has 1 aromatic carbocycles. The highest BCUT2D eigenvalue weighted by atomic mass is 28.3. The van der Waals surface area contributed by atoms with Gasteiger partial charge in [0.05, 0.1) is 20.6 Å². The van der Waals surface area contributed by atoms with E-state index >= 15 is 0 Å². The number of hydrogen-bond donors (Lipinski definition) is 0. The molecular formula is C21H34N2O2Si+2. The summed E-state index contributed by atoms with van der Waals surface area (Å²) in [5, 5.41) is 1.12. The van der Waals surface area contributed by atoms with E-state index < -0.39 is 8.07 Å². The van der Waals surface area contributed by atoms with Crippen molar-refractivity contribution in [1.82, 2.24) is 0 Å². The average Bonchev–Trinajstić information content (AvgIpc) is 2.53. The smallest absolute Gasteiger partial charge is 0.403 e. The van der Waals surface area contributed by atoms with E-state index in [-0.39, 0.29) is 5.97 Å². The number of hydrogen-bond acceptors (Lipinski definition) is 2. The monoisotopic (exact) mass is 374 g/mol. The first-order chi connectivity index (χ1) is 12.1. The third-order valence-corrected chi connectivity index (χ3v) is 6.76. The van der Waals surface area contributed by atoms with Gasteiger partial charge in [-0.3, -0.25) is 0 Å². The zero-order valence-corrected chi connectivity index (χ0v) is 18.2. The van der Waals surface area contributed by atoms with Crippen molar-refractivity contribution in [3.63, 3.8) is 0 Å². The van der Waals surface area contributed by atoms with Crippen LogP contribution < -0.4 is 4.57 Å². The summed E-state index contributed by atoms with van der Waals surface area (Å²) in [5.41, 5.74) is 1.62. The second-order valence-electron chi connectivity index (χ2n) is 9.02. The number of carbonyl (C=O) groups excluding carboxylic acids is 1. The Kier molecular flexibility index (Phi) is 6.58. The molecule has 0 unspecified atom stereocenters. The van der Waals surface area contributed by atoms with E-state index in [0.29, 0.717) is 12.3 Å². The summed E-state index contributed by atoms with van der Waals surface area (Å²) in [4.78, 5) is 12.5. The lowest BCUT2D eigenvalue weighted by Gasteiger charge is -2.30. The minimum Gasteiger partial charge on any atom is -0.452 e. The molecule has 0 radical (unpaired) electrons. The highest BCUT2D eigenvalue weighted by Crippen LogP contribution is 2.13. The number of fused-ring (bicyclic) bond motifs is 1. The number of nitrogens with zero attached hydrogens (tertiary/aromatic N) is 2. The van der Waals surface area contributed by atoms with E-state index in [9.17, 15) is 4.79 Å². The summed E-state index contributed by atoms with van der Waals surface area (Å²) in [7, 11) is 5.37. The predicted molar refractivity (Wildman–Crippen MR) is 110 cm³/mol. The van der Waals surface area contributed by atoms with Crippen molar-refractivity contribution in [3.05, 3.63) is 42.1 Å². The van der Waals surface area contributed by atoms with Crippen molar-refractivity contribution in [2.24, 2.45) is 7.05 Å². The largest absolute Gasteiger partial charge is 0.452 e. The third kappa shape index (κ3) is 5.92. The molecule has 0 aliphatic carbocycles. The number of aryl methyl sites for hydroxylation is 1. The summed E-state index contributed by atoms with van der Waals surface area (Å²) in [6.07, 6.45) is 1.25. The Morgan fingerprint density at radius 1 is 1.08 bits per heavy atom. The van der Waals surface area contributed by atoms with Gasteiger partial charge in [0, 0.05) is 25.6 Å². The van der Waals surface area contributed by atoms with Crippen molar-refractivity contribution >= 4 is 24.9 Å². The van der Waals surface area contributed by atoms with Crippen molar-refractivity contribution in [1.29, 1.82) is 0 Å². The van der Waals surface area contributed by atoms with Gasteiger partial charge in [-0.2, -0.15) is 4.57 Å². The summed E-state index contributed by atoms with van der Waals surface area (Å²) in [6, 6.07) is 13.2. The van der Waals surface area contributed by atoms with Crippen LogP contribution in [0.1, 0.15) is 16.9 Å². The Hall–Kier alpha value is -1.72. The number of para-hydroxylation sites is 1. The number of pyridine rings is 1. The molecule has 2 rings (SSSR count). The normalized spacial score (nSPS) is 12.4. The van der Waals surface area contributed by atoms with Crippen molar-refractivity contribution in [3.8, 4) is 0 Å². The minimum absolute atomic E-state index is 0.250. The number of esters is 1. The maximum Gasteiger partial charge on any atom is 0.403 e. The summed E-state index contributed by atoms with van der Waals surface area (Å²) >= 11 is 0. The fourth-order valence-corrected chi connectivity index (χ4v) is 4.38. The number of quaternary nitrogens is 1. The predicted octanol–water partition coefficient (Wildman–Crippen LogP) is 3.63. The maximum absolute atomic E-state index is 12.5. The molecule has 0 N–H and O–H groups in total. The molecule has 4 nitrogen and oxygen atoms in total. The minimum atomic E-state index is -0.977. The number of rotatable bonds is 8. The second-order valence-corrected chi connectivity index (χ2v) is 14.6. The molecule has 0 fully saturated rings. The first kappa shape index (κ1) is 20.6. The summed E-state index contributed by atoms with van der Waals surface area (Å²) in [6.45, 7) is 9.67. The van der Waals surface area contributed by atoms with E-state index in [1.54, 1.807) is 0 Å². The zero-order chi connectivity index (χ0) is 19.4. The Morgan fingerprint density at radius 2 is 1.77 bits per heavy atom. The first-order valence-electron chi connectivity index (χ1n) is 9.46. The average molecular weight is 375 g/mol. The van der Waals surface area contributed by atoms with Gasteiger partial charge >= 0.3 is 5.97 Å². The van der Waals surface area contributed by atoms with Crippen LogP contribution in [0.15, 0.2) is 36.4 Å². The molecule has 0 amide bonds. The van der Waals surface area contributed by atoms with Gasteiger partial charge in [0.15, 0.2) is 0 Å². The molecule has 2 aromatic rings. The van der Waals surface area contributed by atoms with Gasteiger partial charge in [-0.15, -0.1) is 0 Å². The molecule has 142 valence electrons. The summed E-state index contributed by atoms with van der Waals surface area (Å²) < 4.78 is 8.37. The van der Waals surface area contributed by atoms with Gasteiger partial charge < -0.3 is 9.22 Å². The molecular weight excluding hydrogens is 340 g/mol. The molecule has 26 heavy (non-hydrogen) atoms. The van der Waals surface area contributed by atoms with Crippen molar-refractivity contribution in [2.75, 3.05) is 33.8 Å². The van der Waals surface area contributed by atoms with E-state index in [1.807, 2.05) is 48.0 Å². The molecule has 0 saturated heterocycles. The lowest BCUT2D eigenvalue weighted by molar-refractivity contribution is -0.890. The number of carbonyl (C=O) groups is 1. The molecule has 0 aliphatic rings. The SMILES string of the molecule is C[n+]1c(C(=O)OCC[N+](C)(C)CCC[Si](C)(C)C)ccc2ccccc21. The van der Waals surface area contributed by atoms with E-state index in [0.717, 1.165) is 28.5 Å². The number of ether oxygens (including phenoxy) is 1. The number of benzene rings is 1. The Morgan fingerprint density at radius 3 is 2.46 bits per heavy atom. The van der Waals surface area contributed by atoms with Crippen LogP contribution in [-0.4, -0.2) is 52.3 Å².